The van der Waals surface area contributed by atoms with E-state index in [1.807, 2.05) is 0 Å². The van der Waals surface area contributed by atoms with Crippen LogP contribution in [0.5, 0.6) is 0 Å². The van der Waals surface area contributed by atoms with Gasteiger partial charge in [-0.1, -0.05) is 312 Å². The first-order valence-electron chi connectivity index (χ1n) is 36.0. The van der Waals surface area contributed by atoms with Crippen molar-refractivity contribution in [2.75, 3.05) is 4.90 Å². The summed E-state index contributed by atoms with van der Waals surface area (Å²) < 4.78 is 2.57. The van der Waals surface area contributed by atoms with Crippen LogP contribution < -0.4 is 4.90 Å². The molecule has 0 amide bonds. The van der Waals surface area contributed by atoms with Crippen molar-refractivity contribution in [2.45, 2.75) is 209 Å². The maximum atomic E-state index is 2.57. The Bertz CT molecular complexity index is 4990. The topological polar surface area (TPSA) is 8.17 Å². The molecule has 12 aromatic carbocycles. The minimum Gasteiger partial charge on any atom is -0.310 e. The summed E-state index contributed by atoms with van der Waals surface area (Å²) in [5.74, 6) is 0. The molecule has 0 saturated heterocycles. The second-order valence-corrected chi connectivity index (χ2v) is 37.0. The molecule has 500 valence electrons. The van der Waals surface area contributed by atoms with Gasteiger partial charge in [0.25, 0.3) is 0 Å². The first-order chi connectivity index (χ1) is 45.6. The fourth-order valence-electron chi connectivity index (χ4n) is 14.5. The van der Waals surface area contributed by atoms with E-state index >= 15 is 0 Å². The van der Waals surface area contributed by atoms with Crippen molar-refractivity contribution < 1.29 is 0 Å². The fourth-order valence-corrected chi connectivity index (χ4v) is 14.5. The lowest BCUT2D eigenvalue weighted by molar-refractivity contribution is 0.568. The van der Waals surface area contributed by atoms with Gasteiger partial charge in [-0.2, -0.15) is 0 Å². The van der Waals surface area contributed by atoms with Crippen LogP contribution in [0.3, 0.4) is 0 Å². The van der Waals surface area contributed by atoms with Crippen molar-refractivity contribution in [3.63, 3.8) is 0 Å². The van der Waals surface area contributed by atoms with Crippen LogP contribution in [-0.4, -0.2) is 4.57 Å². The summed E-state index contributed by atoms with van der Waals surface area (Å²) in [6.45, 7) is 56.1. The summed E-state index contributed by atoms with van der Waals surface area (Å²) in [7, 11) is 0. The molecule has 0 fully saturated rings. The summed E-state index contributed by atoms with van der Waals surface area (Å²) in [5, 5.41) is 9.92. The Hall–Kier alpha value is -8.72. The summed E-state index contributed by atoms with van der Waals surface area (Å²) in [6, 6.07) is 81.5. The number of fused-ring (bicyclic) bond motifs is 3. The van der Waals surface area contributed by atoms with Crippen molar-refractivity contribution in [3.8, 4) is 50.2 Å². The van der Waals surface area contributed by atoms with E-state index in [2.05, 4.69) is 382 Å². The molecule has 0 radical (unpaired) electrons. The van der Waals surface area contributed by atoms with Gasteiger partial charge >= 0.3 is 0 Å². The number of aromatic nitrogens is 1. The molecule has 1 aromatic heterocycles. The number of rotatable bonds is 8. The summed E-state index contributed by atoms with van der Waals surface area (Å²) in [6.07, 6.45) is 0. The van der Waals surface area contributed by atoms with Crippen LogP contribution in [-0.2, 0) is 43.3 Å². The molecule has 0 unspecified atom stereocenters. The number of anilines is 3. The Kier molecular flexibility index (Phi) is 16.2. The Labute approximate surface area is 587 Å². The summed E-state index contributed by atoms with van der Waals surface area (Å²) in [5.41, 5.74) is 27.5. The first kappa shape index (κ1) is 67.8. The smallest absolute Gasteiger partial charge is 0.0541 e. The Morgan fingerprint density at radius 3 is 0.918 bits per heavy atom. The Balaban J connectivity index is 1.04. The minimum absolute atomic E-state index is 0.00172. The Morgan fingerprint density at radius 2 is 0.541 bits per heavy atom. The molecule has 0 aliphatic heterocycles. The third-order valence-corrected chi connectivity index (χ3v) is 21.1. The molecule has 0 aliphatic rings. The van der Waals surface area contributed by atoms with Crippen LogP contribution >= 0.6 is 0 Å². The van der Waals surface area contributed by atoms with Gasteiger partial charge in [0, 0.05) is 32.9 Å². The first-order valence-corrected chi connectivity index (χ1v) is 36.0. The van der Waals surface area contributed by atoms with E-state index in [0.29, 0.717) is 0 Å². The molecule has 2 nitrogen and oxygen atoms in total. The molecule has 0 atom stereocenters. The van der Waals surface area contributed by atoms with Crippen LogP contribution in [0.2, 0.25) is 0 Å². The fraction of sp³-hybridized carbons (Fsp3) is 0.333. The predicted octanol–water partition coefficient (Wildman–Crippen LogP) is 28.2. The SMILES string of the molecule is CC(C)(C)c1cc(-c2ccc(N(c3cccc(-c4cc(C(C)(C)C)cc(C(C)(C)C)c4)c3)c3ccc4ccc5c(-n6c7ccc(-c8cc(C(C)(C)C)cc(C(C)(C)C)c8)cc7c7cc(-c8cc(C(C)(C)C)cc(C(C)(C)C)c8)ccc76)ccc6ccc3c4c65)cc2)cc(C(C)(C)C)c1. The highest BCUT2D eigenvalue weighted by atomic mass is 15.1. The van der Waals surface area contributed by atoms with E-state index < -0.39 is 0 Å². The lowest BCUT2D eigenvalue weighted by Crippen LogP contribution is -2.16. The van der Waals surface area contributed by atoms with Crippen LogP contribution in [0, 0.1) is 0 Å². The van der Waals surface area contributed by atoms with E-state index in [0.717, 1.165) is 17.1 Å². The zero-order chi connectivity index (χ0) is 70.5. The zero-order valence-corrected chi connectivity index (χ0v) is 63.5. The molecular weight excluding hydrogens is 1180 g/mol. The molecular formula is C96H106N2. The zero-order valence-electron chi connectivity index (χ0n) is 63.5. The number of benzene rings is 12. The molecule has 0 spiro atoms. The Morgan fingerprint density at radius 1 is 0.224 bits per heavy atom. The van der Waals surface area contributed by atoms with Crippen LogP contribution in [0.1, 0.15) is 211 Å². The average molecular weight is 1290 g/mol. The molecule has 13 rings (SSSR count). The number of hydrogen-bond acceptors (Lipinski definition) is 1. The second kappa shape index (κ2) is 23.5. The molecule has 0 saturated carbocycles. The quantitative estimate of drug-likeness (QED) is 0.138. The van der Waals surface area contributed by atoms with Crippen LogP contribution in [0.4, 0.5) is 17.1 Å². The molecule has 0 aliphatic carbocycles. The van der Waals surface area contributed by atoms with Crippen LogP contribution in [0.25, 0.3) is 104 Å². The van der Waals surface area contributed by atoms with Gasteiger partial charge in [-0.15, -0.1) is 0 Å². The van der Waals surface area contributed by atoms with Gasteiger partial charge in [0.2, 0.25) is 0 Å². The lowest BCUT2D eigenvalue weighted by atomic mass is 9.78. The maximum Gasteiger partial charge on any atom is 0.0541 e. The van der Waals surface area contributed by atoms with Gasteiger partial charge in [0.05, 0.1) is 22.4 Å². The number of hydrogen-bond donors (Lipinski definition) is 0. The lowest BCUT2D eigenvalue weighted by Gasteiger charge is -2.29. The largest absolute Gasteiger partial charge is 0.310 e. The van der Waals surface area contributed by atoms with E-state index in [1.165, 1.54) is 149 Å². The second-order valence-electron chi connectivity index (χ2n) is 37.0. The predicted molar refractivity (Wildman–Crippen MR) is 431 cm³/mol. The third-order valence-electron chi connectivity index (χ3n) is 21.1. The molecule has 1 heterocycles. The van der Waals surface area contributed by atoms with E-state index in [9.17, 15) is 0 Å². The van der Waals surface area contributed by atoms with Crippen molar-refractivity contribution in [2.24, 2.45) is 0 Å². The van der Waals surface area contributed by atoms with Gasteiger partial charge in [0.1, 0.15) is 0 Å². The standard InChI is InChI=1S/C96H106N2/c1-89(2,3)69-44-65(45-70(55-69)90(4,5)6)59-28-36-77(37-29-59)97(78-27-25-26-62(52-78)66-46-71(91(7,8)9)56-72(47-66)92(10,11)12)83-40-32-60-31-39-80-84(41-33-61-30-38-79(83)87(60)88(61)80)98-85-42-34-63(67-48-73(93(13,14)15)57-74(49-67)94(16,17)18)53-81(85)82-54-64(35-43-86(82)98)68-50-75(95(19,20)21)58-76(51-68)96(22,23)24/h25-58H,1-24H3. The van der Waals surface area contributed by atoms with E-state index in [-0.39, 0.29) is 43.3 Å². The highest BCUT2D eigenvalue weighted by molar-refractivity contribution is 6.27. The summed E-state index contributed by atoms with van der Waals surface area (Å²) in [4.78, 5) is 2.52. The van der Waals surface area contributed by atoms with Gasteiger partial charge in [-0.05, 0) is 215 Å². The monoisotopic (exact) mass is 1290 g/mol. The van der Waals surface area contributed by atoms with Gasteiger partial charge in [-0.3, -0.25) is 0 Å². The maximum absolute atomic E-state index is 2.57. The van der Waals surface area contributed by atoms with Crippen LogP contribution in [0.15, 0.2) is 206 Å². The molecule has 0 N–H and O–H groups in total. The van der Waals surface area contributed by atoms with Gasteiger partial charge in [0.15, 0.2) is 0 Å². The molecule has 98 heavy (non-hydrogen) atoms. The molecule has 13 aromatic rings. The molecule has 0 bridgehead atoms. The minimum atomic E-state index is -0.0244. The van der Waals surface area contributed by atoms with Crippen molar-refractivity contribution in [1.82, 2.24) is 4.57 Å². The highest BCUT2D eigenvalue weighted by Crippen LogP contribution is 2.49. The van der Waals surface area contributed by atoms with Gasteiger partial charge in [-0.25, -0.2) is 0 Å². The normalized spacial score (nSPS) is 13.3. The molecule has 2 heteroatoms. The van der Waals surface area contributed by atoms with Crippen molar-refractivity contribution >= 4 is 71.2 Å². The van der Waals surface area contributed by atoms with Crippen molar-refractivity contribution in [3.05, 3.63) is 251 Å². The summed E-state index contributed by atoms with van der Waals surface area (Å²) >= 11 is 0. The highest BCUT2D eigenvalue weighted by Gasteiger charge is 2.29. The third kappa shape index (κ3) is 12.8. The van der Waals surface area contributed by atoms with E-state index in [1.54, 1.807) is 0 Å². The van der Waals surface area contributed by atoms with Crippen molar-refractivity contribution in [1.29, 1.82) is 0 Å². The van der Waals surface area contributed by atoms with Gasteiger partial charge < -0.3 is 9.47 Å². The van der Waals surface area contributed by atoms with E-state index in [4.69, 9.17) is 0 Å². The number of nitrogens with zero attached hydrogens (tertiary/aromatic N) is 2. The average Bonchev–Trinajstić information content (AvgIpc) is 1.22.